The van der Waals surface area contributed by atoms with Crippen LogP contribution in [0.5, 0.6) is 11.6 Å². The zero-order valence-corrected chi connectivity index (χ0v) is 9.19. The first-order chi connectivity index (χ1) is 7.78. The molecule has 0 aromatic carbocycles. The van der Waals surface area contributed by atoms with Crippen molar-refractivity contribution in [3.8, 4) is 11.6 Å². The summed E-state index contributed by atoms with van der Waals surface area (Å²) >= 11 is 5.78. The van der Waals surface area contributed by atoms with Gasteiger partial charge in [0.15, 0.2) is 0 Å². The molecule has 0 atom stereocenters. The van der Waals surface area contributed by atoms with Crippen molar-refractivity contribution in [2.45, 2.75) is 6.54 Å². The number of nitrogens with two attached hydrogens (primary N) is 1. The number of halogens is 1. The SMILES string of the molecule is NCc1ccc(Oc2cncc(Cl)c2)nc1. The zero-order chi connectivity index (χ0) is 11.4. The lowest BCUT2D eigenvalue weighted by Crippen LogP contribution is -1.97. The Kier molecular flexibility index (Phi) is 3.34. The van der Waals surface area contributed by atoms with E-state index < -0.39 is 0 Å². The van der Waals surface area contributed by atoms with E-state index in [-0.39, 0.29) is 0 Å². The molecule has 0 saturated heterocycles. The fourth-order valence-electron chi connectivity index (χ4n) is 1.16. The van der Waals surface area contributed by atoms with Crippen LogP contribution in [0.25, 0.3) is 0 Å². The third-order valence-electron chi connectivity index (χ3n) is 1.94. The van der Waals surface area contributed by atoms with E-state index in [4.69, 9.17) is 22.1 Å². The smallest absolute Gasteiger partial charge is 0.219 e. The maximum absolute atomic E-state index is 5.78. The van der Waals surface area contributed by atoms with Crippen molar-refractivity contribution in [2.75, 3.05) is 0 Å². The highest BCUT2D eigenvalue weighted by Crippen LogP contribution is 2.21. The monoisotopic (exact) mass is 235 g/mol. The van der Waals surface area contributed by atoms with Gasteiger partial charge in [-0.2, -0.15) is 0 Å². The number of nitrogens with zero attached hydrogens (tertiary/aromatic N) is 2. The molecule has 2 N–H and O–H groups in total. The normalized spacial score (nSPS) is 10.1. The number of aromatic nitrogens is 2. The molecule has 0 bridgehead atoms. The lowest BCUT2D eigenvalue weighted by Gasteiger charge is -2.04. The molecule has 16 heavy (non-hydrogen) atoms. The van der Waals surface area contributed by atoms with Gasteiger partial charge in [0, 0.05) is 31.1 Å². The van der Waals surface area contributed by atoms with Crippen LogP contribution in [-0.2, 0) is 6.54 Å². The molecule has 0 radical (unpaired) electrons. The molecule has 0 unspecified atom stereocenters. The van der Waals surface area contributed by atoms with Gasteiger partial charge in [-0.25, -0.2) is 4.98 Å². The molecular formula is C11H10ClN3O. The second-order valence-corrected chi connectivity index (χ2v) is 3.59. The van der Waals surface area contributed by atoms with Crippen LogP contribution in [0.4, 0.5) is 0 Å². The molecule has 0 aliphatic heterocycles. The summed E-state index contributed by atoms with van der Waals surface area (Å²) in [6, 6.07) is 5.29. The Morgan fingerprint density at radius 2 is 2.12 bits per heavy atom. The minimum atomic E-state index is 0.464. The topological polar surface area (TPSA) is 61.0 Å². The van der Waals surface area contributed by atoms with Crippen LogP contribution in [0.2, 0.25) is 5.02 Å². The quantitative estimate of drug-likeness (QED) is 0.887. The van der Waals surface area contributed by atoms with Gasteiger partial charge < -0.3 is 10.5 Å². The van der Waals surface area contributed by atoms with Crippen molar-refractivity contribution in [2.24, 2.45) is 5.73 Å². The van der Waals surface area contributed by atoms with Gasteiger partial charge in [0.2, 0.25) is 5.88 Å². The van der Waals surface area contributed by atoms with Crippen LogP contribution in [-0.4, -0.2) is 9.97 Å². The van der Waals surface area contributed by atoms with E-state index in [2.05, 4.69) is 9.97 Å². The molecule has 2 rings (SSSR count). The Labute approximate surface area is 98.0 Å². The molecular weight excluding hydrogens is 226 g/mol. The van der Waals surface area contributed by atoms with Crippen molar-refractivity contribution in [1.29, 1.82) is 0 Å². The summed E-state index contributed by atoms with van der Waals surface area (Å²) in [4.78, 5) is 8.01. The second kappa shape index (κ2) is 4.92. The Morgan fingerprint density at radius 1 is 1.25 bits per heavy atom. The summed E-state index contributed by atoms with van der Waals surface area (Å²) in [5.74, 6) is 1.04. The van der Waals surface area contributed by atoms with E-state index >= 15 is 0 Å². The van der Waals surface area contributed by atoms with Crippen molar-refractivity contribution in [3.05, 3.63) is 47.4 Å². The van der Waals surface area contributed by atoms with Crippen LogP contribution in [0.15, 0.2) is 36.8 Å². The molecule has 2 heterocycles. The van der Waals surface area contributed by atoms with Gasteiger partial charge in [-0.3, -0.25) is 4.98 Å². The molecule has 0 fully saturated rings. The third kappa shape index (κ3) is 2.68. The predicted molar refractivity (Wildman–Crippen MR) is 61.4 cm³/mol. The van der Waals surface area contributed by atoms with Gasteiger partial charge in [0.1, 0.15) is 5.75 Å². The van der Waals surface area contributed by atoms with E-state index in [0.29, 0.717) is 23.2 Å². The molecule has 0 aliphatic rings. The van der Waals surface area contributed by atoms with Crippen LogP contribution in [0.3, 0.4) is 0 Å². The van der Waals surface area contributed by atoms with Crippen molar-refractivity contribution in [1.82, 2.24) is 9.97 Å². The van der Waals surface area contributed by atoms with E-state index in [1.807, 2.05) is 6.07 Å². The molecule has 5 heteroatoms. The van der Waals surface area contributed by atoms with Crippen LogP contribution >= 0.6 is 11.6 Å². The first-order valence-electron chi connectivity index (χ1n) is 4.71. The Balaban J connectivity index is 2.14. The number of hydrogen-bond donors (Lipinski definition) is 1. The van der Waals surface area contributed by atoms with E-state index in [1.165, 1.54) is 0 Å². The Hall–Kier alpha value is -1.65. The minimum absolute atomic E-state index is 0.464. The van der Waals surface area contributed by atoms with Gasteiger partial charge >= 0.3 is 0 Å². The zero-order valence-electron chi connectivity index (χ0n) is 8.43. The van der Waals surface area contributed by atoms with Gasteiger partial charge in [-0.15, -0.1) is 0 Å². The summed E-state index contributed by atoms with van der Waals surface area (Å²) in [6.45, 7) is 0.464. The summed E-state index contributed by atoms with van der Waals surface area (Å²) in [6.07, 6.45) is 4.79. The first kappa shape index (κ1) is 10.9. The summed E-state index contributed by atoms with van der Waals surface area (Å²) < 4.78 is 5.46. The maximum atomic E-state index is 5.78. The third-order valence-corrected chi connectivity index (χ3v) is 2.14. The van der Waals surface area contributed by atoms with Gasteiger partial charge in [0.05, 0.1) is 11.2 Å². The average molecular weight is 236 g/mol. The minimum Gasteiger partial charge on any atom is -0.437 e. The number of ether oxygens (including phenoxy) is 1. The molecule has 4 nitrogen and oxygen atoms in total. The van der Waals surface area contributed by atoms with Gasteiger partial charge in [0.25, 0.3) is 0 Å². The van der Waals surface area contributed by atoms with E-state index in [1.54, 1.807) is 30.7 Å². The van der Waals surface area contributed by atoms with E-state index in [0.717, 1.165) is 5.56 Å². The maximum Gasteiger partial charge on any atom is 0.219 e. The lowest BCUT2D eigenvalue weighted by molar-refractivity contribution is 0.460. The van der Waals surface area contributed by atoms with Crippen LogP contribution in [0.1, 0.15) is 5.56 Å². The highest BCUT2D eigenvalue weighted by Gasteiger charge is 2.00. The van der Waals surface area contributed by atoms with Crippen LogP contribution in [0, 0.1) is 0 Å². The molecule has 0 aliphatic carbocycles. The predicted octanol–water partition coefficient (Wildman–Crippen LogP) is 2.38. The number of pyridine rings is 2. The van der Waals surface area contributed by atoms with Gasteiger partial charge in [-0.1, -0.05) is 17.7 Å². The van der Waals surface area contributed by atoms with Crippen molar-refractivity contribution in [3.63, 3.8) is 0 Å². The van der Waals surface area contributed by atoms with Gasteiger partial charge in [-0.05, 0) is 5.56 Å². The van der Waals surface area contributed by atoms with Crippen molar-refractivity contribution < 1.29 is 4.74 Å². The fraction of sp³-hybridized carbons (Fsp3) is 0.0909. The summed E-state index contributed by atoms with van der Waals surface area (Å²) in [5.41, 5.74) is 6.42. The van der Waals surface area contributed by atoms with E-state index in [9.17, 15) is 0 Å². The first-order valence-corrected chi connectivity index (χ1v) is 5.09. The molecule has 2 aromatic rings. The highest BCUT2D eigenvalue weighted by atomic mass is 35.5. The molecule has 0 saturated carbocycles. The molecule has 82 valence electrons. The Bertz CT molecular complexity index is 473. The number of rotatable bonds is 3. The molecule has 0 amide bonds. The lowest BCUT2D eigenvalue weighted by atomic mass is 10.3. The largest absolute Gasteiger partial charge is 0.437 e. The van der Waals surface area contributed by atoms with Crippen LogP contribution < -0.4 is 10.5 Å². The molecule has 2 aromatic heterocycles. The Morgan fingerprint density at radius 3 is 2.75 bits per heavy atom. The van der Waals surface area contributed by atoms with Crippen molar-refractivity contribution >= 4 is 11.6 Å². The second-order valence-electron chi connectivity index (χ2n) is 3.15. The number of hydrogen-bond acceptors (Lipinski definition) is 4. The summed E-state index contributed by atoms with van der Waals surface area (Å²) in [5, 5.41) is 0.524. The average Bonchev–Trinajstić information content (AvgIpc) is 2.30. The highest BCUT2D eigenvalue weighted by molar-refractivity contribution is 6.30. The summed E-state index contributed by atoms with van der Waals surface area (Å²) in [7, 11) is 0. The standard InChI is InChI=1S/C11H10ClN3O/c12-9-3-10(7-14-6-9)16-11-2-1-8(4-13)5-15-11/h1-3,5-7H,4,13H2. The fourth-order valence-corrected chi connectivity index (χ4v) is 1.32. The molecule has 0 spiro atoms.